The maximum atomic E-state index is 11.9. The lowest BCUT2D eigenvalue weighted by Crippen LogP contribution is -2.41. The molecule has 0 unspecified atom stereocenters. The number of hydrogen-bond acceptors (Lipinski definition) is 3. The number of likely N-dealkylation sites (N-methyl/N-ethyl adjacent to an activating group) is 1. The summed E-state index contributed by atoms with van der Waals surface area (Å²) >= 11 is 5.81. The van der Waals surface area contributed by atoms with Crippen molar-refractivity contribution in [1.82, 2.24) is 4.90 Å². The van der Waals surface area contributed by atoms with Gasteiger partial charge in [-0.25, -0.2) is 9.59 Å². The number of urea groups is 1. The molecule has 0 aliphatic carbocycles. The Bertz CT molecular complexity index is 526. The third-order valence-electron chi connectivity index (χ3n) is 2.44. The molecule has 0 saturated carbocycles. The van der Waals surface area contributed by atoms with Gasteiger partial charge >= 0.3 is 12.0 Å². The Morgan fingerprint density at radius 3 is 2.50 bits per heavy atom. The molecule has 0 aromatic heterocycles. The molecule has 1 aromatic rings. The van der Waals surface area contributed by atoms with Crippen molar-refractivity contribution in [2.24, 2.45) is 0 Å². The van der Waals surface area contributed by atoms with Gasteiger partial charge in [-0.15, -0.1) is 0 Å². The fourth-order valence-electron chi connectivity index (χ4n) is 1.71. The zero-order valence-electron chi connectivity index (χ0n) is 11.5. The third-order valence-corrected chi connectivity index (χ3v) is 2.75. The average Bonchev–Trinajstić information content (AvgIpc) is 2.25. The van der Waals surface area contributed by atoms with Gasteiger partial charge in [0.2, 0.25) is 0 Å². The van der Waals surface area contributed by atoms with Gasteiger partial charge in [-0.3, -0.25) is 0 Å². The van der Waals surface area contributed by atoms with Crippen molar-refractivity contribution in [2.45, 2.75) is 19.4 Å². The van der Waals surface area contributed by atoms with Crippen molar-refractivity contribution >= 4 is 29.3 Å². The predicted octanol–water partition coefficient (Wildman–Crippen LogP) is 2.27. The normalized spacial score (nSPS) is 11.1. The Labute approximate surface area is 122 Å². The second kappa shape index (κ2) is 6.11. The Kier molecular flexibility index (Phi) is 4.97. The number of benzene rings is 1. The van der Waals surface area contributed by atoms with E-state index in [1.54, 1.807) is 19.9 Å². The average molecular weight is 301 g/mol. The molecule has 2 amide bonds. The number of carbonyl (C=O) groups is 2. The second-order valence-corrected chi connectivity index (χ2v) is 5.47. The van der Waals surface area contributed by atoms with Crippen molar-refractivity contribution in [2.75, 3.05) is 18.9 Å². The lowest BCUT2D eigenvalue weighted by Gasteiger charge is -2.26. The van der Waals surface area contributed by atoms with Gasteiger partial charge in [0.1, 0.15) is 5.56 Å². The van der Waals surface area contributed by atoms with Crippen LogP contribution in [0.2, 0.25) is 5.02 Å². The van der Waals surface area contributed by atoms with Crippen molar-refractivity contribution in [1.29, 1.82) is 0 Å². The van der Waals surface area contributed by atoms with E-state index in [9.17, 15) is 14.7 Å². The van der Waals surface area contributed by atoms with Crippen LogP contribution in [0.1, 0.15) is 24.2 Å². The zero-order valence-corrected chi connectivity index (χ0v) is 12.2. The lowest BCUT2D eigenvalue weighted by atomic mass is 10.1. The fraction of sp³-hybridized carbons (Fsp3) is 0.385. The molecular formula is C13H17ClN2O4. The Morgan fingerprint density at radius 1 is 1.40 bits per heavy atom. The summed E-state index contributed by atoms with van der Waals surface area (Å²) in [5.74, 6) is -1.23. The van der Waals surface area contributed by atoms with Crippen LogP contribution in [0.5, 0.6) is 0 Å². The summed E-state index contributed by atoms with van der Waals surface area (Å²) in [7, 11) is 1.50. The quantitative estimate of drug-likeness (QED) is 0.795. The highest BCUT2D eigenvalue weighted by molar-refractivity contribution is 6.34. The minimum atomic E-state index is -1.23. The number of hydrogen-bond donors (Lipinski definition) is 3. The molecule has 7 heteroatoms. The summed E-state index contributed by atoms with van der Waals surface area (Å²) in [6.07, 6.45) is 0. The molecule has 1 rings (SSSR count). The lowest BCUT2D eigenvalue weighted by molar-refractivity contribution is 0.0550. The summed E-state index contributed by atoms with van der Waals surface area (Å²) in [4.78, 5) is 24.3. The molecule has 0 radical (unpaired) electrons. The highest BCUT2D eigenvalue weighted by atomic mass is 35.5. The summed E-state index contributed by atoms with van der Waals surface area (Å²) in [6, 6.07) is 3.89. The summed E-state index contributed by atoms with van der Waals surface area (Å²) < 4.78 is 0. The second-order valence-electron chi connectivity index (χ2n) is 5.07. The molecule has 0 atom stereocenters. The number of aromatic carboxylic acids is 1. The van der Waals surface area contributed by atoms with E-state index < -0.39 is 17.6 Å². The van der Waals surface area contributed by atoms with E-state index in [-0.39, 0.29) is 22.8 Å². The van der Waals surface area contributed by atoms with Gasteiger partial charge in [0.05, 0.1) is 22.9 Å². The minimum absolute atomic E-state index is 0.0421. The van der Waals surface area contributed by atoms with Crippen LogP contribution < -0.4 is 5.32 Å². The van der Waals surface area contributed by atoms with Gasteiger partial charge in [0.15, 0.2) is 0 Å². The van der Waals surface area contributed by atoms with E-state index in [1.807, 2.05) is 0 Å². The topological polar surface area (TPSA) is 89.9 Å². The number of halogens is 1. The van der Waals surface area contributed by atoms with Gasteiger partial charge in [-0.2, -0.15) is 0 Å². The molecule has 0 heterocycles. The van der Waals surface area contributed by atoms with Crippen LogP contribution in [0.4, 0.5) is 10.5 Å². The number of carboxylic acids is 1. The maximum Gasteiger partial charge on any atom is 0.339 e. The van der Waals surface area contributed by atoms with Gasteiger partial charge in [0.25, 0.3) is 0 Å². The number of aliphatic hydroxyl groups is 1. The van der Waals surface area contributed by atoms with Crippen LogP contribution in [0, 0.1) is 0 Å². The Morgan fingerprint density at radius 2 is 2.00 bits per heavy atom. The fourth-order valence-corrected chi connectivity index (χ4v) is 1.96. The highest BCUT2D eigenvalue weighted by Gasteiger charge is 2.21. The Balaban J connectivity index is 2.91. The van der Waals surface area contributed by atoms with Gasteiger partial charge in [-0.1, -0.05) is 17.7 Å². The highest BCUT2D eigenvalue weighted by Crippen LogP contribution is 2.24. The Hall–Kier alpha value is -1.79. The number of carboxylic acid groups (broad SMARTS) is 1. The molecule has 6 nitrogen and oxygen atoms in total. The third kappa shape index (κ3) is 4.40. The van der Waals surface area contributed by atoms with E-state index in [1.165, 1.54) is 24.1 Å². The van der Waals surface area contributed by atoms with Crippen molar-refractivity contribution in [3.8, 4) is 0 Å². The molecule has 110 valence electrons. The zero-order chi connectivity index (χ0) is 15.5. The van der Waals surface area contributed by atoms with Crippen LogP contribution in [0.25, 0.3) is 0 Å². The molecule has 0 bridgehead atoms. The molecular weight excluding hydrogens is 284 g/mol. The molecule has 0 aliphatic rings. The van der Waals surface area contributed by atoms with Gasteiger partial charge < -0.3 is 20.4 Å². The van der Waals surface area contributed by atoms with Crippen LogP contribution in [0.15, 0.2) is 18.2 Å². The van der Waals surface area contributed by atoms with Crippen LogP contribution >= 0.6 is 11.6 Å². The van der Waals surface area contributed by atoms with E-state index in [0.717, 1.165) is 0 Å². The molecule has 20 heavy (non-hydrogen) atoms. The van der Waals surface area contributed by atoms with Crippen LogP contribution in [-0.4, -0.2) is 46.3 Å². The SMILES string of the molecule is CN(CC(C)(C)O)C(=O)Nc1cccc(Cl)c1C(=O)O. The molecule has 1 aromatic carbocycles. The van der Waals surface area contributed by atoms with E-state index in [0.29, 0.717) is 0 Å². The molecule has 3 N–H and O–H groups in total. The standard InChI is InChI=1S/C13H17ClN2O4/c1-13(2,20)7-16(3)12(19)15-9-6-4-5-8(14)10(9)11(17)18/h4-6,20H,7H2,1-3H3,(H,15,19)(H,17,18). The van der Waals surface area contributed by atoms with Crippen molar-refractivity contribution in [3.05, 3.63) is 28.8 Å². The molecule has 0 spiro atoms. The summed E-state index contributed by atoms with van der Waals surface area (Å²) in [5, 5.41) is 21.3. The largest absolute Gasteiger partial charge is 0.478 e. The summed E-state index contributed by atoms with van der Waals surface area (Å²) in [5.41, 5.74) is -1.10. The van der Waals surface area contributed by atoms with Crippen LogP contribution in [0.3, 0.4) is 0 Å². The number of amides is 2. The van der Waals surface area contributed by atoms with Crippen molar-refractivity contribution < 1.29 is 19.8 Å². The minimum Gasteiger partial charge on any atom is -0.478 e. The maximum absolute atomic E-state index is 11.9. The van der Waals surface area contributed by atoms with E-state index >= 15 is 0 Å². The van der Waals surface area contributed by atoms with E-state index in [2.05, 4.69) is 5.32 Å². The first-order chi connectivity index (χ1) is 9.11. The first-order valence-corrected chi connectivity index (χ1v) is 6.26. The number of nitrogens with one attached hydrogen (secondary N) is 1. The monoisotopic (exact) mass is 300 g/mol. The molecule has 0 fully saturated rings. The van der Waals surface area contributed by atoms with Crippen LogP contribution in [-0.2, 0) is 0 Å². The molecule has 0 aliphatic heterocycles. The first-order valence-electron chi connectivity index (χ1n) is 5.88. The van der Waals surface area contributed by atoms with Gasteiger partial charge in [-0.05, 0) is 26.0 Å². The van der Waals surface area contributed by atoms with Gasteiger partial charge in [0, 0.05) is 7.05 Å². The van der Waals surface area contributed by atoms with E-state index in [4.69, 9.17) is 16.7 Å². The first kappa shape index (κ1) is 16.3. The predicted molar refractivity (Wildman–Crippen MR) is 76.4 cm³/mol. The number of rotatable bonds is 4. The van der Waals surface area contributed by atoms with Crippen molar-refractivity contribution in [3.63, 3.8) is 0 Å². The summed E-state index contributed by atoms with van der Waals surface area (Å²) in [6.45, 7) is 3.24. The number of nitrogens with zero attached hydrogens (tertiary/aromatic N) is 1. The number of carbonyl (C=O) groups excluding carboxylic acids is 1. The number of anilines is 1. The molecule has 0 saturated heterocycles. The smallest absolute Gasteiger partial charge is 0.339 e.